The number of anilines is 1. The summed E-state index contributed by atoms with van der Waals surface area (Å²) >= 11 is 0. The lowest BCUT2D eigenvalue weighted by molar-refractivity contribution is -0.384. The Morgan fingerprint density at radius 1 is 1.24 bits per heavy atom. The van der Waals surface area contributed by atoms with Crippen LogP contribution in [-0.2, 0) is 6.54 Å². The fraction of sp³-hybridized carbons (Fsp3) is 0.154. The van der Waals surface area contributed by atoms with Gasteiger partial charge in [0.25, 0.3) is 5.69 Å². The van der Waals surface area contributed by atoms with E-state index in [0.29, 0.717) is 17.9 Å². The number of alkyl halides is 2. The number of benzene rings is 1. The van der Waals surface area contributed by atoms with Crippen LogP contribution >= 0.6 is 0 Å². The molecule has 0 aliphatic rings. The third kappa shape index (κ3) is 4.37. The van der Waals surface area contributed by atoms with Crippen molar-refractivity contribution in [1.29, 1.82) is 0 Å². The fourth-order valence-electron chi connectivity index (χ4n) is 1.58. The summed E-state index contributed by atoms with van der Waals surface area (Å²) in [4.78, 5) is 14.0. The number of aromatic nitrogens is 1. The van der Waals surface area contributed by atoms with Gasteiger partial charge in [0.05, 0.1) is 23.4 Å². The zero-order chi connectivity index (χ0) is 15.2. The van der Waals surface area contributed by atoms with Gasteiger partial charge < -0.3 is 10.1 Å². The summed E-state index contributed by atoms with van der Waals surface area (Å²) in [6.07, 6.45) is 1.21. The quantitative estimate of drug-likeness (QED) is 0.654. The number of hydrogen-bond donors (Lipinski definition) is 1. The van der Waals surface area contributed by atoms with Crippen LogP contribution in [0.5, 0.6) is 5.75 Å². The summed E-state index contributed by atoms with van der Waals surface area (Å²) in [5.41, 5.74) is 1.32. The van der Waals surface area contributed by atoms with Gasteiger partial charge >= 0.3 is 6.61 Å². The minimum Gasteiger partial charge on any atom is -0.433 e. The molecule has 0 saturated heterocycles. The molecule has 0 unspecified atom stereocenters. The van der Waals surface area contributed by atoms with Crippen LogP contribution in [0.25, 0.3) is 0 Å². The van der Waals surface area contributed by atoms with Gasteiger partial charge in [-0.3, -0.25) is 15.1 Å². The Bertz CT molecular complexity index is 603. The summed E-state index contributed by atoms with van der Waals surface area (Å²) < 4.78 is 28.1. The standard InChI is InChI=1S/C13H11F2N3O3/c14-13(15)21-12-6-3-10(17-8-12)7-16-9-1-4-11(5-2-9)18(19)20/h1-6,8,13,16H,7H2. The number of non-ortho nitro benzene ring substituents is 1. The number of hydrogen-bond acceptors (Lipinski definition) is 5. The van der Waals surface area contributed by atoms with Crippen LogP contribution in [0, 0.1) is 10.1 Å². The molecular formula is C13H11F2N3O3. The fourth-order valence-corrected chi connectivity index (χ4v) is 1.58. The molecule has 110 valence electrons. The lowest BCUT2D eigenvalue weighted by Gasteiger charge is -2.07. The monoisotopic (exact) mass is 295 g/mol. The number of nitro benzene ring substituents is 1. The van der Waals surface area contributed by atoms with Crippen molar-refractivity contribution < 1.29 is 18.4 Å². The first-order valence-electron chi connectivity index (χ1n) is 5.92. The Hall–Kier alpha value is -2.77. The molecular weight excluding hydrogens is 284 g/mol. The van der Waals surface area contributed by atoms with Crippen molar-refractivity contribution >= 4 is 11.4 Å². The third-order valence-electron chi connectivity index (χ3n) is 2.57. The van der Waals surface area contributed by atoms with Crippen LogP contribution in [-0.4, -0.2) is 16.5 Å². The first kappa shape index (κ1) is 14.6. The maximum absolute atomic E-state index is 12.0. The molecule has 0 aliphatic heterocycles. The normalized spacial score (nSPS) is 10.4. The molecule has 0 atom stereocenters. The lowest BCUT2D eigenvalue weighted by atomic mass is 10.2. The molecule has 2 aromatic rings. The zero-order valence-corrected chi connectivity index (χ0v) is 10.7. The van der Waals surface area contributed by atoms with Gasteiger partial charge in [0, 0.05) is 17.8 Å². The van der Waals surface area contributed by atoms with E-state index >= 15 is 0 Å². The van der Waals surface area contributed by atoms with Gasteiger partial charge in [-0.25, -0.2) is 0 Å². The number of nitrogens with one attached hydrogen (secondary N) is 1. The van der Waals surface area contributed by atoms with Crippen molar-refractivity contribution in [3.63, 3.8) is 0 Å². The minimum absolute atomic E-state index is 0.00664. The van der Waals surface area contributed by atoms with Gasteiger partial charge in [-0.2, -0.15) is 8.78 Å². The van der Waals surface area contributed by atoms with Crippen molar-refractivity contribution in [2.45, 2.75) is 13.2 Å². The molecule has 0 radical (unpaired) electrons. The molecule has 1 aromatic heterocycles. The van der Waals surface area contributed by atoms with Gasteiger partial charge in [-0.05, 0) is 24.3 Å². The van der Waals surface area contributed by atoms with Gasteiger partial charge in [0.1, 0.15) is 5.75 Å². The Balaban J connectivity index is 1.91. The summed E-state index contributed by atoms with van der Waals surface area (Å²) in [7, 11) is 0. The highest BCUT2D eigenvalue weighted by Crippen LogP contribution is 2.17. The number of nitrogens with zero attached hydrogens (tertiary/aromatic N) is 2. The summed E-state index contributed by atoms with van der Waals surface area (Å²) in [5.74, 6) is -0.0101. The summed E-state index contributed by atoms with van der Waals surface area (Å²) in [5, 5.41) is 13.5. The van der Waals surface area contributed by atoms with Crippen molar-refractivity contribution in [2.24, 2.45) is 0 Å². The zero-order valence-electron chi connectivity index (χ0n) is 10.7. The van der Waals surface area contributed by atoms with E-state index in [9.17, 15) is 18.9 Å². The molecule has 1 heterocycles. The lowest BCUT2D eigenvalue weighted by Crippen LogP contribution is -2.04. The number of pyridine rings is 1. The van der Waals surface area contributed by atoms with Gasteiger partial charge in [-0.15, -0.1) is 0 Å². The Morgan fingerprint density at radius 2 is 1.95 bits per heavy atom. The smallest absolute Gasteiger partial charge is 0.387 e. The topological polar surface area (TPSA) is 77.3 Å². The number of nitro groups is 1. The van der Waals surface area contributed by atoms with E-state index in [0.717, 1.165) is 0 Å². The van der Waals surface area contributed by atoms with E-state index in [2.05, 4.69) is 15.0 Å². The van der Waals surface area contributed by atoms with Crippen LogP contribution in [0.15, 0.2) is 42.6 Å². The third-order valence-corrected chi connectivity index (χ3v) is 2.57. The largest absolute Gasteiger partial charge is 0.433 e. The maximum Gasteiger partial charge on any atom is 0.387 e. The van der Waals surface area contributed by atoms with E-state index in [1.54, 1.807) is 18.2 Å². The average molecular weight is 295 g/mol. The molecule has 1 aromatic carbocycles. The molecule has 0 bridgehead atoms. The highest BCUT2D eigenvalue weighted by atomic mass is 19.3. The molecule has 21 heavy (non-hydrogen) atoms. The van der Waals surface area contributed by atoms with Gasteiger partial charge in [0.15, 0.2) is 0 Å². The van der Waals surface area contributed by atoms with E-state index in [4.69, 9.17) is 0 Å². The minimum atomic E-state index is -2.88. The second-order valence-electron chi connectivity index (χ2n) is 4.02. The Kier molecular flexibility index (Phi) is 4.60. The first-order valence-corrected chi connectivity index (χ1v) is 5.92. The van der Waals surface area contributed by atoms with Crippen LogP contribution in [0.1, 0.15) is 5.69 Å². The van der Waals surface area contributed by atoms with Crippen LogP contribution < -0.4 is 10.1 Å². The van der Waals surface area contributed by atoms with Gasteiger partial charge in [0.2, 0.25) is 0 Å². The van der Waals surface area contributed by atoms with Crippen molar-refractivity contribution in [2.75, 3.05) is 5.32 Å². The number of halogens is 2. The highest BCUT2D eigenvalue weighted by molar-refractivity contribution is 5.48. The van der Waals surface area contributed by atoms with Crippen molar-refractivity contribution in [1.82, 2.24) is 4.98 Å². The molecule has 0 amide bonds. The van der Waals surface area contributed by atoms with Crippen molar-refractivity contribution in [3.8, 4) is 5.75 Å². The average Bonchev–Trinajstić information content (AvgIpc) is 2.46. The van der Waals surface area contributed by atoms with E-state index in [-0.39, 0.29) is 11.4 Å². The van der Waals surface area contributed by atoms with Gasteiger partial charge in [-0.1, -0.05) is 0 Å². The van der Waals surface area contributed by atoms with E-state index < -0.39 is 11.5 Å². The molecule has 8 heteroatoms. The van der Waals surface area contributed by atoms with E-state index in [1.165, 1.54) is 24.4 Å². The van der Waals surface area contributed by atoms with Crippen molar-refractivity contribution in [3.05, 3.63) is 58.4 Å². The van der Waals surface area contributed by atoms with E-state index in [1.807, 2.05) is 0 Å². The second kappa shape index (κ2) is 6.60. The number of ether oxygens (including phenoxy) is 1. The molecule has 0 saturated carbocycles. The molecule has 0 aliphatic carbocycles. The SMILES string of the molecule is O=[N+]([O-])c1ccc(NCc2ccc(OC(F)F)cn2)cc1. The molecule has 6 nitrogen and oxygen atoms in total. The Labute approximate surface area is 118 Å². The first-order chi connectivity index (χ1) is 10.0. The molecule has 1 N–H and O–H groups in total. The second-order valence-corrected chi connectivity index (χ2v) is 4.02. The maximum atomic E-state index is 12.0. The predicted molar refractivity (Wildman–Crippen MR) is 71.3 cm³/mol. The predicted octanol–water partition coefficient (Wildman–Crippen LogP) is 3.20. The summed E-state index contributed by atoms with van der Waals surface area (Å²) in [6.45, 7) is -2.52. The summed E-state index contributed by atoms with van der Waals surface area (Å²) in [6, 6.07) is 8.87. The van der Waals surface area contributed by atoms with Crippen LogP contribution in [0.3, 0.4) is 0 Å². The molecule has 0 spiro atoms. The number of rotatable bonds is 6. The van der Waals surface area contributed by atoms with Crippen LogP contribution in [0.2, 0.25) is 0 Å². The molecule has 0 fully saturated rings. The highest BCUT2D eigenvalue weighted by Gasteiger charge is 2.05. The van der Waals surface area contributed by atoms with Crippen LogP contribution in [0.4, 0.5) is 20.2 Å². The Morgan fingerprint density at radius 3 is 2.48 bits per heavy atom. The molecule has 2 rings (SSSR count).